The third kappa shape index (κ3) is 5.03. The van der Waals surface area contributed by atoms with Crippen molar-refractivity contribution < 1.29 is 18.0 Å². The normalized spacial score (nSPS) is 11.6. The smallest absolute Gasteiger partial charge is 0.347 e. The van der Waals surface area contributed by atoms with Crippen molar-refractivity contribution in [1.29, 1.82) is 0 Å². The number of imidazole rings is 2. The monoisotopic (exact) mass is 477 g/mol. The second-order valence-electron chi connectivity index (χ2n) is 7.76. The molecule has 0 aliphatic carbocycles. The van der Waals surface area contributed by atoms with E-state index < -0.39 is 18.6 Å². The number of hydrogen-bond acceptors (Lipinski definition) is 5. The second kappa shape index (κ2) is 9.01. The molecule has 0 spiro atoms. The van der Waals surface area contributed by atoms with Crippen LogP contribution in [0.2, 0.25) is 0 Å². The van der Waals surface area contributed by atoms with E-state index in [1.807, 2.05) is 34.1 Å². The average molecular weight is 477 g/mol. The molecule has 35 heavy (non-hydrogen) atoms. The van der Waals surface area contributed by atoms with Crippen LogP contribution in [0.4, 0.5) is 13.2 Å². The van der Waals surface area contributed by atoms with Crippen molar-refractivity contribution in [3.63, 3.8) is 0 Å². The van der Waals surface area contributed by atoms with Crippen molar-refractivity contribution in [3.8, 4) is 34.2 Å². The van der Waals surface area contributed by atoms with Crippen LogP contribution in [0.15, 0.2) is 73.4 Å². The summed E-state index contributed by atoms with van der Waals surface area (Å²) in [4.78, 5) is 32.6. The van der Waals surface area contributed by atoms with Gasteiger partial charge in [0.1, 0.15) is 17.9 Å². The highest BCUT2D eigenvalue weighted by molar-refractivity contribution is 5.79. The van der Waals surface area contributed by atoms with Crippen molar-refractivity contribution in [2.45, 2.75) is 12.6 Å². The van der Waals surface area contributed by atoms with Crippen LogP contribution in [0.5, 0.6) is 0 Å². The summed E-state index contributed by atoms with van der Waals surface area (Å²) in [5, 5.41) is 1.89. The molecule has 1 amide bonds. The van der Waals surface area contributed by atoms with Gasteiger partial charge in [-0.15, -0.1) is 0 Å². The van der Waals surface area contributed by atoms with Gasteiger partial charge in [-0.2, -0.15) is 13.2 Å². The third-order valence-corrected chi connectivity index (χ3v) is 5.24. The maximum atomic E-state index is 12.3. The first-order chi connectivity index (χ1) is 16.9. The number of nitrogens with one attached hydrogen (secondary N) is 2. The predicted octanol–water partition coefficient (Wildman–Crippen LogP) is 4.07. The van der Waals surface area contributed by atoms with Crippen molar-refractivity contribution in [2.75, 3.05) is 6.54 Å². The van der Waals surface area contributed by atoms with Crippen LogP contribution < -0.4 is 5.32 Å². The number of fused-ring (bicyclic) bond motifs is 1. The lowest BCUT2D eigenvalue weighted by atomic mass is 10.1. The Hall–Kier alpha value is -4.54. The first-order valence-corrected chi connectivity index (χ1v) is 10.6. The first-order valence-electron chi connectivity index (χ1n) is 10.6. The number of halogens is 3. The molecule has 0 atom stereocenters. The topological polar surface area (TPSA) is 101 Å². The van der Waals surface area contributed by atoms with E-state index >= 15 is 0 Å². The molecular weight excluding hydrogens is 459 g/mol. The van der Waals surface area contributed by atoms with E-state index in [4.69, 9.17) is 0 Å². The fourth-order valence-electron chi connectivity index (χ4n) is 3.66. The average Bonchev–Trinajstić information content (AvgIpc) is 3.53. The lowest BCUT2D eigenvalue weighted by molar-refractivity contribution is -0.138. The zero-order valence-electron chi connectivity index (χ0n) is 18.1. The highest BCUT2D eigenvalue weighted by Gasteiger charge is 2.27. The van der Waals surface area contributed by atoms with E-state index in [1.165, 1.54) is 0 Å². The summed E-state index contributed by atoms with van der Waals surface area (Å²) in [6, 6.07) is 12.6. The molecule has 0 saturated heterocycles. The Kier molecular flexibility index (Phi) is 5.73. The maximum Gasteiger partial charge on any atom is 0.405 e. The zero-order chi connectivity index (χ0) is 24.4. The van der Waals surface area contributed by atoms with Gasteiger partial charge >= 0.3 is 6.18 Å². The number of rotatable bonds is 6. The van der Waals surface area contributed by atoms with Crippen LogP contribution in [0.25, 0.3) is 39.8 Å². The van der Waals surface area contributed by atoms with Crippen LogP contribution in [0.3, 0.4) is 0 Å². The fraction of sp³-hybridized carbons (Fsp3) is 0.125. The van der Waals surface area contributed by atoms with Crippen molar-refractivity contribution in [2.24, 2.45) is 0 Å². The molecule has 0 radical (unpaired) electrons. The Balaban J connectivity index is 1.39. The number of hydrogen-bond donors (Lipinski definition) is 2. The summed E-state index contributed by atoms with van der Waals surface area (Å²) < 4.78 is 38.9. The number of H-pyrrole nitrogens is 1. The van der Waals surface area contributed by atoms with Crippen LogP contribution >= 0.6 is 0 Å². The van der Waals surface area contributed by atoms with Gasteiger partial charge in [-0.3, -0.25) is 9.20 Å². The number of aromatic amines is 1. The van der Waals surface area contributed by atoms with Crippen LogP contribution in [0, 0.1) is 0 Å². The predicted molar refractivity (Wildman–Crippen MR) is 122 cm³/mol. The second-order valence-corrected chi connectivity index (χ2v) is 7.76. The SMILES string of the molecule is O=C(Cc1cccc(-c2cnc3cc(-c4nccc(-c5ncc[nH]5)n4)ccn23)c1)NCC(F)(F)F. The number of carbonyl (C=O) groups is 1. The number of carbonyl (C=O) groups excluding carboxylic acids is 1. The van der Waals surface area contributed by atoms with Crippen molar-refractivity contribution >= 4 is 11.6 Å². The number of benzene rings is 1. The molecule has 0 unspecified atom stereocenters. The van der Waals surface area contributed by atoms with E-state index in [9.17, 15) is 18.0 Å². The number of aromatic nitrogens is 6. The fourth-order valence-corrected chi connectivity index (χ4v) is 3.66. The van der Waals surface area contributed by atoms with Gasteiger partial charge in [-0.25, -0.2) is 19.9 Å². The molecule has 1 aromatic carbocycles. The quantitative estimate of drug-likeness (QED) is 0.384. The third-order valence-electron chi connectivity index (χ3n) is 5.24. The van der Waals surface area contributed by atoms with Crippen LogP contribution in [-0.2, 0) is 11.2 Å². The van der Waals surface area contributed by atoms with Crippen LogP contribution in [0.1, 0.15) is 5.56 Å². The number of nitrogens with zero attached hydrogens (tertiary/aromatic N) is 5. The van der Waals surface area contributed by atoms with Crippen molar-refractivity contribution in [1.82, 2.24) is 34.6 Å². The van der Waals surface area contributed by atoms with Gasteiger partial charge in [0.25, 0.3) is 0 Å². The maximum absolute atomic E-state index is 12.3. The minimum Gasteiger partial charge on any atom is -0.347 e. The van der Waals surface area contributed by atoms with Gasteiger partial charge in [0.15, 0.2) is 11.6 Å². The molecule has 176 valence electrons. The van der Waals surface area contributed by atoms with E-state index in [-0.39, 0.29) is 6.42 Å². The minimum atomic E-state index is -4.45. The summed E-state index contributed by atoms with van der Waals surface area (Å²) in [5.74, 6) is 0.474. The summed E-state index contributed by atoms with van der Waals surface area (Å²) >= 11 is 0. The van der Waals surface area contributed by atoms with Gasteiger partial charge in [-0.05, 0) is 29.8 Å². The number of alkyl halides is 3. The molecule has 0 aliphatic rings. The zero-order valence-corrected chi connectivity index (χ0v) is 18.1. The van der Waals surface area contributed by atoms with Gasteiger partial charge in [0.05, 0.1) is 18.3 Å². The molecule has 0 fully saturated rings. The molecule has 5 rings (SSSR count). The van der Waals surface area contributed by atoms with Crippen molar-refractivity contribution in [3.05, 3.63) is 79.0 Å². The lowest BCUT2D eigenvalue weighted by Crippen LogP contribution is -2.34. The summed E-state index contributed by atoms with van der Waals surface area (Å²) in [6.07, 6.45) is 3.98. The van der Waals surface area contributed by atoms with Gasteiger partial charge in [0, 0.05) is 35.9 Å². The summed E-state index contributed by atoms with van der Waals surface area (Å²) in [6.45, 7) is -1.35. The Morgan fingerprint density at radius 1 is 1.03 bits per heavy atom. The van der Waals surface area contributed by atoms with Gasteiger partial charge in [0.2, 0.25) is 5.91 Å². The van der Waals surface area contributed by atoms with Crippen LogP contribution in [-0.4, -0.2) is 47.9 Å². The van der Waals surface area contributed by atoms with Gasteiger partial charge in [-0.1, -0.05) is 18.2 Å². The molecule has 0 saturated carbocycles. The minimum absolute atomic E-state index is 0.159. The number of amides is 1. The first kappa shape index (κ1) is 22.3. The Bertz CT molecular complexity index is 1490. The summed E-state index contributed by atoms with van der Waals surface area (Å²) in [7, 11) is 0. The highest BCUT2D eigenvalue weighted by Crippen LogP contribution is 2.25. The van der Waals surface area contributed by atoms with E-state index in [2.05, 4.69) is 24.9 Å². The largest absolute Gasteiger partial charge is 0.405 e. The molecule has 8 nitrogen and oxygen atoms in total. The van der Waals surface area contributed by atoms with E-state index in [1.54, 1.807) is 49.1 Å². The Morgan fingerprint density at radius 3 is 2.71 bits per heavy atom. The Labute approximate surface area is 196 Å². The lowest BCUT2D eigenvalue weighted by Gasteiger charge is -2.09. The molecule has 0 aliphatic heterocycles. The molecule has 5 aromatic rings. The standard InChI is InChI=1S/C24H18F3N7O/c25-24(26,27)14-32-21(35)11-15-2-1-3-16(10-15)19-13-31-20-12-17(5-9-34(19)20)22-28-6-4-18(33-22)23-29-7-8-30-23/h1-10,12-13H,11,14H2,(H,29,30)(H,32,35). The van der Waals surface area contributed by atoms with E-state index in [0.717, 1.165) is 16.8 Å². The molecule has 11 heteroatoms. The molecule has 2 N–H and O–H groups in total. The summed E-state index contributed by atoms with van der Waals surface area (Å²) in [5.41, 5.74) is 4.25. The molecule has 4 aromatic heterocycles. The highest BCUT2D eigenvalue weighted by atomic mass is 19.4. The van der Waals surface area contributed by atoms with Gasteiger partial charge < -0.3 is 10.3 Å². The van der Waals surface area contributed by atoms with E-state index in [0.29, 0.717) is 28.6 Å². The molecule has 4 heterocycles. The Morgan fingerprint density at radius 2 is 1.91 bits per heavy atom. The molecular formula is C24H18F3N7O. The number of pyridine rings is 1. The molecule has 0 bridgehead atoms.